The van der Waals surface area contributed by atoms with Crippen molar-refractivity contribution < 1.29 is 14.7 Å². The third-order valence-electron chi connectivity index (χ3n) is 4.87. The largest absolute Gasteiger partial charge is 0.480 e. The number of aliphatic carboxylic acids is 1. The maximum absolute atomic E-state index is 12.2. The van der Waals surface area contributed by atoms with Crippen LogP contribution in [-0.4, -0.2) is 57.1 Å². The molecular formula is C18H25N5O3. The molecule has 1 fully saturated rings. The summed E-state index contributed by atoms with van der Waals surface area (Å²) < 4.78 is 0. The van der Waals surface area contributed by atoms with Crippen LogP contribution >= 0.6 is 0 Å². The van der Waals surface area contributed by atoms with E-state index in [4.69, 9.17) is 5.11 Å². The van der Waals surface area contributed by atoms with E-state index in [9.17, 15) is 9.59 Å². The number of imidazole rings is 1. The van der Waals surface area contributed by atoms with Gasteiger partial charge in [-0.05, 0) is 38.4 Å². The van der Waals surface area contributed by atoms with Gasteiger partial charge >= 0.3 is 12.0 Å². The van der Waals surface area contributed by atoms with Crippen LogP contribution in [0.3, 0.4) is 0 Å². The molecule has 1 saturated carbocycles. The smallest absolute Gasteiger partial charge is 0.317 e. The number of aromatic nitrogens is 2. The Kier molecular flexibility index (Phi) is 5.41. The number of carbonyl (C=O) groups excluding carboxylic acids is 1. The number of amides is 2. The number of aromatic amines is 1. The molecule has 8 nitrogen and oxygen atoms in total. The van der Waals surface area contributed by atoms with Gasteiger partial charge in [0.15, 0.2) is 0 Å². The first-order chi connectivity index (χ1) is 12.5. The Bertz CT molecular complexity index is 751. The fourth-order valence-electron chi connectivity index (χ4n) is 3.35. The zero-order valence-corrected chi connectivity index (χ0v) is 15.0. The summed E-state index contributed by atoms with van der Waals surface area (Å²) in [6, 6.07) is 7.55. The number of urea groups is 1. The van der Waals surface area contributed by atoms with Crippen molar-refractivity contribution >= 4 is 23.0 Å². The number of fused-ring (bicyclic) bond motifs is 1. The summed E-state index contributed by atoms with van der Waals surface area (Å²) in [6.45, 7) is 4.57. The normalized spacial score (nSPS) is 20.6. The van der Waals surface area contributed by atoms with Crippen LogP contribution in [-0.2, 0) is 4.79 Å². The SMILES string of the molecule is CCN(CC(=O)O)C1CC(NC(=O)NC(C)c2nc3ccccc3[nH]2)C1. The lowest BCUT2D eigenvalue weighted by atomic mass is 9.85. The Labute approximate surface area is 152 Å². The van der Waals surface area contributed by atoms with Crippen LogP contribution in [0.1, 0.15) is 38.6 Å². The molecule has 26 heavy (non-hydrogen) atoms. The number of carbonyl (C=O) groups is 2. The quantitative estimate of drug-likeness (QED) is 0.603. The number of likely N-dealkylation sites (N-methyl/N-ethyl adjacent to an activating group) is 1. The van der Waals surface area contributed by atoms with Gasteiger partial charge in [-0.2, -0.15) is 0 Å². The fourth-order valence-corrected chi connectivity index (χ4v) is 3.35. The second kappa shape index (κ2) is 7.74. The predicted molar refractivity (Wildman–Crippen MR) is 97.9 cm³/mol. The van der Waals surface area contributed by atoms with Crippen molar-refractivity contribution in [3.05, 3.63) is 30.1 Å². The van der Waals surface area contributed by atoms with Crippen LogP contribution in [0.2, 0.25) is 0 Å². The highest BCUT2D eigenvalue weighted by Gasteiger charge is 2.34. The molecule has 3 rings (SSSR count). The molecule has 1 heterocycles. The molecule has 0 spiro atoms. The molecule has 1 unspecified atom stereocenters. The molecular weight excluding hydrogens is 334 g/mol. The maximum atomic E-state index is 12.2. The standard InChI is InChI=1S/C18H25N5O3/c1-3-23(10-16(24)25)13-8-12(9-13)20-18(26)19-11(2)17-21-14-6-4-5-7-15(14)22-17/h4-7,11-13H,3,8-10H2,1-2H3,(H,21,22)(H,24,25)(H2,19,20,26). The van der Waals surface area contributed by atoms with Gasteiger partial charge in [-0.25, -0.2) is 9.78 Å². The van der Waals surface area contributed by atoms with Crippen LogP contribution in [0.15, 0.2) is 24.3 Å². The van der Waals surface area contributed by atoms with E-state index in [1.165, 1.54) is 0 Å². The molecule has 1 aromatic heterocycles. The van der Waals surface area contributed by atoms with Crippen molar-refractivity contribution in [1.29, 1.82) is 0 Å². The van der Waals surface area contributed by atoms with Crippen LogP contribution in [0.5, 0.6) is 0 Å². The Hall–Kier alpha value is -2.61. The van der Waals surface area contributed by atoms with E-state index >= 15 is 0 Å². The number of hydrogen-bond donors (Lipinski definition) is 4. The number of nitrogens with zero attached hydrogens (tertiary/aromatic N) is 2. The second-order valence-electron chi connectivity index (χ2n) is 6.76. The number of hydrogen-bond acceptors (Lipinski definition) is 4. The molecule has 1 aliphatic carbocycles. The summed E-state index contributed by atoms with van der Waals surface area (Å²) in [5, 5.41) is 14.8. The van der Waals surface area contributed by atoms with E-state index in [2.05, 4.69) is 20.6 Å². The fraction of sp³-hybridized carbons (Fsp3) is 0.500. The third-order valence-corrected chi connectivity index (χ3v) is 4.87. The number of H-pyrrole nitrogens is 1. The first kappa shape index (κ1) is 18.2. The summed E-state index contributed by atoms with van der Waals surface area (Å²) in [4.78, 5) is 32.7. The van der Waals surface area contributed by atoms with Crippen molar-refractivity contribution in [3.8, 4) is 0 Å². The van der Waals surface area contributed by atoms with Gasteiger partial charge in [0.25, 0.3) is 0 Å². The van der Waals surface area contributed by atoms with Crippen molar-refractivity contribution in [2.45, 2.75) is 44.8 Å². The number of carboxylic acid groups (broad SMARTS) is 1. The van der Waals surface area contributed by atoms with E-state index in [0.29, 0.717) is 12.4 Å². The van der Waals surface area contributed by atoms with Crippen LogP contribution in [0.25, 0.3) is 11.0 Å². The Morgan fingerprint density at radius 1 is 1.38 bits per heavy atom. The Balaban J connectivity index is 1.46. The predicted octanol–water partition coefficient (Wildman–Crippen LogP) is 1.86. The molecule has 0 radical (unpaired) electrons. The summed E-state index contributed by atoms with van der Waals surface area (Å²) in [5.74, 6) is -0.105. The van der Waals surface area contributed by atoms with Crippen molar-refractivity contribution in [3.63, 3.8) is 0 Å². The van der Waals surface area contributed by atoms with Gasteiger partial charge in [0, 0.05) is 12.1 Å². The monoisotopic (exact) mass is 359 g/mol. The maximum Gasteiger partial charge on any atom is 0.317 e. The molecule has 0 aliphatic heterocycles. The first-order valence-corrected chi connectivity index (χ1v) is 8.93. The average Bonchev–Trinajstić information content (AvgIpc) is 3.00. The van der Waals surface area contributed by atoms with Gasteiger partial charge in [-0.3, -0.25) is 9.69 Å². The van der Waals surface area contributed by atoms with E-state index in [-0.39, 0.29) is 30.7 Å². The van der Waals surface area contributed by atoms with Gasteiger partial charge in [-0.15, -0.1) is 0 Å². The minimum Gasteiger partial charge on any atom is -0.480 e. The summed E-state index contributed by atoms with van der Waals surface area (Å²) >= 11 is 0. The van der Waals surface area contributed by atoms with Crippen molar-refractivity contribution in [1.82, 2.24) is 25.5 Å². The van der Waals surface area contributed by atoms with Gasteiger partial charge in [-0.1, -0.05) is 19.1 Å². The number of rotatable bonds is 7. The molecule has 140 valence electrons. The molecule has 8 heteroatoms. The summed E-state index contributed by atoms with van der Waals surface area (Å²) in [7, 11) is 0. The number of benzene rings is 1. The highest BCUT2D eigenvalue weighted by atomic mass is 16.4. The highest BCUT2D eigenvalue weighted by molar-refractivity contribution is 5.76. The Morgan fingerprint density at radius 3 is 2.77 bits per heavy atom. The molecule has 1 atom stereocenters. The molecule has 1 aliphatic rings. The lowest BCUT2D eigenvalue weighted by molar-refractivity contribution is -0.139. The van der Waals surface area contributed by atoms with E-state index in [1.807, 2.05) is 43.0 Å². The molecule has 2 amide bonds. The summed E-state index contributed by atoms with van der Waals surface area (Å²) in [5.41, 5.74) is 1.81. The average molecular weight is 359 g/mol. The lowest BCUT2D eigenvalue weighted by Crippen LogP contribution is -2.56. The molecule has 4 N–H and O–H groups in total. The van der Waals surface area contributed by atoms with Crippen LogP contribution in [0, 0.1) is 0 Å². The molecule has 0 saturated heterocycles. The zero-order valence-electron chi connectivity index (χ0n) is 15.0. The minimum absolute atomic E-state index is 0.0448. The van der Waals surface area contributed by atoms with Gasteiger partial charge in [0.05, 0.1) is 23.6 Å². The van der Waals surface area contributed by atoms with Crippen LogP contribution in [0.4, 0.5) is 4.79 Å². The van der Waals surface area contributed by atoms with Gasteiger partial charge < -0.3 is 20.7 Å². The first-order valence-electron chi connectivity index (χ1n) is 8.93. The lowest BCUT2D eigenvalue weighted by Gasteiger charge is -2.42. The zero-order chi connectivity index (χ0) is 18.7. The van der Waals surface area contributed by atoms with Crippen molar-refractivity contribution in [2.24, 2.45) is 0 Å². The van der Waals surface area contributed by atoms with E-state index in [1.54, 1.807) is 0 Å². The molecule has 0 bridgehead atoms. The molecule has 2 aromatic rings. The minimum atomic E-state index is -0.819. The number of carboxylic acids is 1. The Morgan fingerprint density at radius 2 is 2.12 bits per heavy atom. The topological polar surface area (TPSA) is 110 Å². The number of nitrogens with one attached hydrogen (secondary N) is 3. The highest BCUT2D eigenvalue weighted by Crippen LogP contribution is 2.25. The van der Waals surface area contributed by atoms with Crippen molar-refractivity contribution in [2.75, 3.05) is 13.1 Å². The van der Waals surface area contributed by atoms with Gasteiger partial charge in [0.2, 0.25) is 0 Å². The van der Waals surface area contributed by atoms with Crippen LogP contribution < -0.4 is 10.6 Å². The second-order valence-corrected chi connectivity index (χ2v) is 6.76. The number of para-hydroxylation sites is 2. The van der Waals surface area contributed by atoms with E-state index in [0.717, 1.165) is 23.9 Å². The molecule has 1 aromatic carbocycles. The third kappa shape index (κ3) is 4.13. The van der Waals surface area contributed by atoms with E-state index < -0.39 is 5.97 Å². The summed E-state index contributed by atoms with van der Waals surface area (Å²) in [6.07, 6.45) is 1.54. The van der Waals surface area contributed by atoms with Gasteiger partial charge in [0.1, 0.15) is 5.82 Å².